The molecule has 24 heavy (non-hydrogen) atoms. The summed E-state index contributed by atoms with van der Waals surface area (Å²) in [5.74, 6) is 1.08. The number of thioether (sulfide) groups is 1. The highest BCUT2D eigenvalue weighted by Crippen LogP contribution is 2.25. The second-order valence-electron chi connectivity index (χ2n) is 5.52. The van der Waals surface area contributed by atoms with Gasteiger partial charge in [-0.3, -0.25) is 4.79 Å². The monoisotopic (exact) mass is 337 g/mol. The van der Waals surface area contributed by atoms with Gasteiger partial charge in [-0.25, -0.2) is 9.97 Å². The summed E-state index contributed by atoms with van der Waals surface area (Å²) >= 11 is 1.45. The van der Waals surface area contributed by atoms with Gasteiger partial charge in [0.15, 0.2) is 0 Å². The molecular weight excluding hydrogens is 318 g/mol. The summed E-state index contributed by atoms with van der Waals surface area (Å²) in [5, 5.41) is 4.77. The largest absolute Gasteiger partial charge is 0.325 e. The molecule has 5 heteroatoms. The Morgan fingerprint density at radius 2 is 1.96 bits per heavy atom. The summed E-state index contributed by atoms with van der Waals surface area (Å²) < 4.78 is 0. The number of rotatable bonds is 5. The molecule has 3 aromatic rings. The molecule has 0 aliphatic heterocycles. The van der Waals surface area contributed by atoms with Crippen molar-refractivity contribution < 1.29 is 4.79 Å². The van der Waals surface area contributed by atoms with E-state index in [2.05, 4.69) is 15.3 Å². The Morgan fingerprint density at radius 3 is 2.75 bits per heavy atom. The maximum Gasteiger partial charge on any atom is 0.234 e. The minimum absolute atomic E-state index is 0.0358. The number of nitrogens with one attached hydrogen (secondary N) is 1. The van der Waals surface area contributed by atoms with Gasteiger partial charge in [0.25, 0.3) is 0 Å². The fourth-order valence-corrected chi connectivity index (χ4v) is 3.25. The predicted molar refractivity (Wildman–Crippen MR) is 99.4 cm³/mol. The highest BCUT2D eigenvalue weighted by molar-refractivity contribution is 8.00. The van der Waals surface area contributed by atoms with Gasteiger partial charge in [-0.1, -0.05) is 49.0 Å². The topological polar surface area (TPSA) is 54.9 Å². The van der Waals surface area contributed by atoms with E-state index in [9.17, 15) is 4.79 Å². The molecule has 3 rings (SSSR count). The van der Waals surface area contributed by atoms with E-state index in [0.29, 0.717) is 5.75 Å². The van der Waals surface area contributed by atoms with Crippen LogP contribution in [0.4, 0.5) is 5.69 Å². The first-order valence-corrected chi connectivity index (χ1v) is 8.89. The Kier molecular flexibility index (Phi) is 5.11. The molecule has 122 valence electrons. The lowest BCUT2D eigenvalue weighted by Crippen LogP contribution is -2.14. The number of para-hydroxylation sites is 1. The molecule has 0 radical (unpaired) electrons. The van der Waals surface area contributed by atoms with Gasteiger partial charge in [0.1, 0.15) is 10.9 Å². The van der Waals surface area contributed by atoms with Crippen LogP contribution in [0.2, 0.25) is 0 Å². The Morgan fingerprint density at radius 1 is 1.12 bits per heavy atom. The number of anilines is 1. The summed E-state index contributed by atoms with van der Waals surface area (Å²) in [6.45, 7) is 4.03. The van der Waals surface area contributed by atoms with Crippen LogP contribution in [-0.2, 0) is 11.2 Å². The number of nitrogens with zero attached hydrogens (tertiary/aromatic N) is 2. The Hall–Kier alpha value is -2.40. The van der Waals surface area contributed by atoms with Crippen molar-refractivity contribution in [3.05, 3.63) is 59.9 Å². The number of hydrogen-bond donors (Lipinski definition) is 1. The van der Waals surface area contributed by atoms with Crippen LogP contribution in [0.5, 0.6) is 0 Å². The number of carbonyl (C=O) groups is 1. The molecule has 1 aromatic heterocycles. The first-order chi connectivity index (χ1) is 11.7. The lowest BCUT2D eigenvalue weighted by Gasteiger charge is -2.08. The molecule has 1 heterocycles. The molecule has 1 amide bonds. The van der Waals surface area contributed by atoms with Crippen molar-refractivity contribution in [2.45, 2.75) is 25.3 Å². The third-order valence-electron chi connectivity index (χ3n) is 3.57. The average molecular weight is 337 g/mol. The predicted octanol–water partition coefficient (Wildman–Crippen LogP) is 4.23. The van der Waals surface area contributed by atoms with Gasteiger partial charge < -0.3 is 5.32 Å². The molecule has 0 atom stereocenters. The molecule has 0 fully saturated rings. The number of benzene rings is 2. The normalized spacial score (nSPS) is 10.8. The number of amides is 1. The maximum atomic E-state index is 12.2. The van der Waals surface area contributed by atoms with Gasteiger partial charge in [0.05, 0.1) is 11.3 Å². The molecule has 0 saturated carbocycles. The van der Waals surface area contributed by atoms with E-state index in [-0.39, 0.29) is 5.91 Å². The highest BCUT2D eigenvalue weighted by Gasteiger charge is 2.10. The number of fused-ring (bicyclic) bond motifs is 1. The van der Waals surface area contributed by atoms with Crippen molar-refractivity contribution in [3.63, 3.8) is 0 Å². The lowest BCUT2D eigenvalue weighted by atomic mass is 10.2. The third kappa shape index (κ3) is 3.92. The highest BCUT2D eigenvalue weighted by atomic mass is 32.2. The van der Waals surface area contributed by atoms with Crippen molar-refractivity contribution in [2.75, 3.05) is 11.1 Å². The smallest absolute Gasteiger partial charge is 0.234 e. The second-order valence-corrected chi connectivity index (χ2v) is 6.49. The number of carbonyl (C=O) groups excluding carboxylic acids is 1. The van der Waals surface area contributed by atoms with Crippen LogP contribution in [0.1, 0.15) is 18.3 Å². The van der Waals surface area contributed by atoms with Crippen molar-refractivity contribution in [1.29, 1.82) is 0 Å². The number of hydrogen-bond acceptors (Lipinski definition) is 4. The van der Waals surface area contributed by atoms with E-state index in [1.54, 1.807) is 0 Å². The second kappa shape index (κ2) is 7.45. The van der Waals surface area contributed by atoms with E-state index < -0.39 is 0 Å². The van der Waals surface area contributed by atoms with Crippen molar-refractivity contribution >= 4 is 34.3 Å². The Bertz CT molecular complexity index is 879. The first-order valence-electron chi connectivity index (χ1n) is 7.90. The zero-order valence-corrected chi connectivity index (χ0v) is 14.6. The van der Waals surface area contributed by atoms with Crippen molar-refractivity contribution in [1.82, 2.24) is 9.97 Å². The van der Waals surface area contributed by atoms with Crippen LogP contribution >= 0.6 is 11.8 Å². The van der Waals surface area contributed by atoms with Gasteiger partial charge in [0.2, 0.25) is 5.91 Å². The quantitative estimate of drug-likeness (QED) is 0.559. The van der Waals surface area contributed by atoms with Crippen molar-refractivity contribution in [3.8, 4) is 0 Å². The molecular formula is C19H19N3OS. The maximum absolute atomic E-state index is 12.2. The van der Waals surface area contributed by atoms with Gasteiger partial charge >= 0.3 is 0 Å². The Balaban J connectivity index is 1.74. The van der Waals surface area contributed by atoms with Gasteiger partial charge in [0, 0.05) is 17.5 Å². The summed E-state index contributed by atoms with van der Waals surface area (Å²) in [7, 11) is 0. The van der Waals surface area contributed by atoms with Crippen LogP contribution in [0.3, 0.4) is 0 Å². The fraction of sp³-hybridized carbons (Fsp3) is 0.211. The van der Waals surface area contributed by atoms with E-state index in [1.807, 2.05) is 62.4 Å². The molecule has 0 spiro atoms. The molecule has 0 saturated heterocycles. The molecule has 0 bridgehead atoms. The summed E-state index contributed by atoms with van der Waals surface area (Å²) in [6.07, 6.45) is 0.772. The van der Waals surface area contributed by atoms with E-state index >= 15 is 0 Å². The molecule has 0 aliphatic rings. The minimum Gasteiger partial charge on any atom is -0.325 e. The molecule has 1 N–H and O–H groups in total. The Labute approximate surface area is 145 Å². The molecule has 4 nitrogen and oxygen atoms in total. The van der Waals surface area contributed by atoms with E-state index in [1.165, 1.54) is 11.8 Å². The third-order valence-corrected chi connectivity index (χ3v) is 4.56. The molecule has 0 unspecified atom stereocenters. The van der Waals surface area contributed by atoms with E-state index in [0.717, 1.165) is 39.4 Å². The standard InChI is InChI=1S/C19H19N3OS/c1-3-17-21-16-10-5-4-9-15(16)19(22-17)24-12-18(23)20-14-8-6-7-13(2)11-14/h4-11H,3,12H2,1-2H3,(H,20,23). The summed E-state index contributed by atoms with van der Waals surface area (Å²) in [5.41, 5.74) is 2.86. The zero-order valence-electron chi connectivity index (χ0n) is 13.7. The zero-order chi connectivity index (χ0) is 16.9. The van der Waals surface area contributed by atoms with Crippen LogP contribution in [0.25, 0.3) is 10.9 Å². The fourth-order valence-electron chi connectivity index (χ4n) is 2.42. The van der Waals surface area contributed by atoms with E-state index in [4.69, 9.17) is 0 Å². The van der Waals surface area contributed by atoms with Crippen LogP contribution < -0.4 is 5.32 Å². The average Bonchev–Trinajstić information content (AvgIpc) is 2.59. The number of aromatic nitrogens is 2. The lowest BCUT2D eigenvalue weighted by molar-refractivity contribution is -0.113. The minimum atomic E-state index is -0.0358. The van der Waals surface area contributed by atoms with Crippen molar-refractivity contribution in [2.24, 2.45) is 0 Å². The molecule has 2 aromatic carbocycles. The van der Waals surface area contributed by atoms with Gasteiger partial charge in [-0.2, -0.15) is 0 Å². The summed E-state index contributed by atoms with van der Waals surface area (Å²) in [4.78, 5) is 21.3. The summed E-state index contributed by atoms with van der Waals surface area (Å²) in [6, 6.07) is 15.7. The van der Waals surface area contributed by atoms with Crippen LogP contribution in [0.15, 0.2) is 53.6 Å². The first kappa shape index (κ1) is 16.5. The SMILES string of the molecule is CCc1nc(SCC(=O)Nc2cccc(C)c2)c2ccccc2n1. The van der Waals surface area contributed by atoms with Gasteiger partial charge in [-0.05, 0) is 30.7 Å². The van der Waals surface area contributed by atoms with Crippen LogP contribution in [0, 0.1) is 6.92 Å². The van der Waals surface area contributed by atoms with Crippen LogP contribution in [-0.4, -0.2) is 21.6 Å². The molecule has 0 aliphatic carbocycles. The van der Waals surface area contributed by atoms with Gasteiger partial charge in [-0.15, -0.1) is 0 Å². The number of aryl methyl sites for hydroxylation is 2.